The zero-order valence-electron chi connectivity index (χ0n) is 16.7. The quantitative estimate of drug-likeness (QED) is 0.455. The van der Waals surface area contributed by atoms with Crippen molar-refractivity contribution in [2.75, 3.05) is 32.7 Å². The third kappa shape index (κ3) is 4.06. The fraction of sp³-hybridized carbons (Fsp3) is 0.174. The Morgan fingerprint density at radius 3 is 2.50 bits per heavy atom. The van der Waals surface area contributed by atoms with E-state index in [1.165, 1.54) is 12.1 Å². The lowest BCUT2D eigenvalue weighted by atomic mass is 10.0. The molecule has 4 rings (SSSR count). The van der Waals surface area contributed by atoms with Gasteiger partial charge in [0, 0.05) is 37.5 Å². The number of nitrogens with one attached hydrogen (secondary N) is 1. The summed E-state index contributed by atoms with van der Waals surface area (Å²) in [6.45, 7) is 0.821. The molecule has 0 spiro atoms. The number of aromatic nitrogens is 3. The van der Waals surface area contributed by atoms with Crippen molar-refractivity contribution < 1.29 is 13.9 Å². The van der Waals surface area contributed by atoms with E-state index >= 15 is 0 Å². The van der Waals surface area contributed by atoms with Crippen LogP contribution in [0.3, 0.4) is 0 Å². The third-order valence-electron chi connectivity index (χ3n) is 4.64. The lowest BCUT2D eigenvalue weighted by Crippen LogP contribution is -2.06. The van der Waals surface area contributed by atoms with Gasteiger partial charge in [-0.2, -0.15) is 0 Å². The molecule has 2 aromatic carbocycles. The van der Waals surface area contributed by atoms with Crippen LogP contribution >= 0.6 is 0 Å². The Morgan fingerprint density at radius 2 is 1.80 bits per heavy atom. The number of pyridine rings is 1. The molecule has 2 heterocycles. The third-order valence-corrected chi connectivity index (χ3v) is 4.64. The van der Waals surface area contributed by atoms with Crippen molar-refractivity contribution >= 4 is 16.7 Å². The lowest BCUT2D eigenvalue weighted by molar-refractivity contribution is 0.147. The number of fused-ring (bicyclic) bond motifs is 1. The highest BCUT2D eigenvalue weighted by molar-refractivity contribution is 5.97. The van der Waals surface area contributed by atoms with E-state index in [1.807, 2.05) is 31.3 Å². The minimum absolute atomic E-state index is 0.281. The van der Waals surface area contributed by atoms with Crippen LogP contribution in [-0.2, 0) is 4.74 Å². The standard InChI is InChI=1S/C23H21FN4O2/c1-25-23-19-12-17(15-5-7-18(24)8-6-15)13-20(30-11-10-29-2)21(19)27-22(28-23)16-4-3-9-26-14-16/h3-9,12-14H,10-11H2,1-2H3,(H,25,27,28). The molecular formula is C23H21FN4O2. The van der Waals surface area contributed by atoms with Crippen LogP contribution in [0, 0.1) is 5.82 Å². The monoisotopic (exact) mass is 404 g/mol. The van der Waals surface area contributed by atoms with E-state index in [0.29, 0.717) is 36.1 Å². The molecule has 30 heavy (non-hydrogen) atoms. The van der Waals surface area contributed by atoms with Crippen molar-refractivity contribution in [3.63, 3.8) is 0 Å². The minimum atomic E-state index is -0.281. The first-order chi connectivity index (χ1) is 14.7. The van der Waals surface area contributed by atoms with Gasteiger partial charge in [-0.1, -0.05) is 12.1 Å². The first kappa shape index (κ1) is 19.7. The Hall–Kier alpha value is -3.58. The second-order valence-electron chi connectivity index (χ2n) is 6.61. The Balaban J connectivity index is 1.91. The zero-order valence-corrected chi connectivity index (χ0v) is 16.7. The second-order valence-corrected chi connectivity index (χ2v) is 6.61. The van der Waals surface area contributed by atoms with Gasteiger partial charge in [-0.05, 0) is 47.5 Å². The van der Waals surface area contributed by atoms with Gasteiger partial charge in [-0.25, -0.2) is 14.4 Å². The average Bonchev–Trinajstić information content (AvgIpc) is 2.79. The highest BCUT2D eigenvalue weighted by atomic mass is 19.1. The largest absolute Gasteiger partial charge is 0.489 e. The van der Waals surface area contributed by atoms with Crippen molar-refractivity contribution in [2.45, 2.75) is 0 Å². The fourth-order valence-electron chi connectivity index (χ4n) is 3.17. The number of benzene rings is 2. The topological polar surface area (TPSA) is 69.2 Å². The van der Waals surface area contributed by atoms with Gasteiger partial charge in [0.2, 0.25) is 0 Å². The van der Waals surface area contributed by atoms with Crippen LogP contribution in [0.15, 0.2) is 60.9 Å². The van der Waals surface area contributed by atoms with Gasteiger partial charge in [0.25, 0.3) is 0 Å². The number of nitrogens with zero attached hydrogens (tertiary/aromatic N) is 3. The summed E-state index contributed by atoms with van der Waals surface area (Å²) in [5.74, 6) is 1.54. The number of methoxy groups -OCH3 is 1. The predicted molar refractivity (Wildman–Crippen MR) is 115 cm³/mol. The fourth-order valence-corrected chi connectivity index (χ4v) is 3.17. The number of hydrogen-bond acceptors (Lipinski definition) is 6. The zero-order chi connectivity index (χ0) is 20.9. The summed E-state index contributed by atoms with van der Waals surface area (Å²) in [5.41, 5.74) is 3.23. The normalized spacial score (nSPS) is 10.9. The average molecular weight is 404 g/mol. The lowest BCUT2D eigenvalue weighted by Gasteiger charge is -2.15. The molecule has 0 saturated carbocycles. The number of hydrogen-bond donors (Lipinski definition) is 1. The van der Waals surface area contributed by atoms with Gasteiger partial charge in [0.15, 0.2) is 5.82 Å². The van der Waals surface area contributed by atoms with Crippen molar-refractivity contribution in [3.05, 3.63) is 66.7 Å². The van der Waals surface area contributed by atoms with E-state index < -0.39 is 0 Å². The van der Waals surface area contributed by atoms with Crippen molar-refractivity contribution in [2.24, 2.45) is 0 Å². The molecule has 6 nitrogen and oxygen atoms in total. The van der Waals surface area contributed by atoms with Crippen LogP contribution in [0.1, 0.15) is 0 Å². The SMILES string of the molecule is CNc1nc(-c2cccnc2)nc2c(OCCOC)cc(-c3ccc(F)cc3)cc12. The molecule has 0 fully saturated rings. The van der Waals surface area contributed by atoms with Crippen molar-refractivity contribution in [1.82, 2.24) is 15.0 Å². The van der Waals surface area contributed by atoms with Crippen LogP contribution in [0.25, 0.3) is 33.4 Å². The maximum atomic E-state index is 13.4. The molecule has 0 amide bonds. The Morgan fingerprint density at radius 1 is 0.967 bits per heavy atom. The Kier molecular flexibility index (Phi) is 5.81. The molecule has 0 saturated heterocycles. The van der Waals surface area contributed by atoms with Gasteiger partial charge in [0.1, 0.15) is 29.5 Å². The molecule has 0 bridgehead atoms. The molecule has 2 aromatic heterocycles. The summed E-state index contributed by atoms with van der Waals surface area (Å²) in [4.78, 5) is 13.6. The molecule has 0 radical (unpaired) electrons. The van der Waals surface area contributed by atoms with Crippen molar-refractivity contribution in [1.29, 1.82) is 0 Å². The molecule has 0 aliphatic heterocycles. The van der Waals surface area contributed by atoms with Crippen LogP contribution in [0.5, 0.6) is 5.75 Å². The molecule has 152 valence electrons. The predicted octanol–water partition coefficient (Wildman–Crippen LogP) is 4.56. The molecule has 0 atom stereocenters. The van der Waals surface area contributed by atoms with Gasteiger partial charge >= 0.3 is 0 Å². The van der Waals surface area contributed by atoms with Gasteiger partial charge in [-0.15, -0.1) is 0 Å². The smallest absolute Gasteiger partial charge is 0.163 e. The van der Waals surface area contributed by atoms with Gasteiger partial charge in [0.05, 0.1) is 6.61 Å². The number of rotatable bonds is 7. The van der Waals surface area contributed by atoms with E-state index in [4.69, 9.17) is 14.5 Å². The second kappa shape index (κ2) is 8.84. The maximum absolute atomic E-state index is 13.4. The summed E-state index contributed by atoms with van der Waals surface area (Å²) in [5, 5.41) is 3.96. The molecule has 1 N–H and O–H groups in total. The van der Waals surface area contributed by atoms with Gasteiger partial charge < -0.3 is 14.8 Å². The molecule has 0 unspecified atom stereocenters. The van der Waals surface area contributed by atoms with Crippen molar-refractivity contribution in [3.8, 4) is 28.3 Å². The molecule has 0 aliphatic carbocycles. The molecule has 7 heteroatoms. The Bertz CT molecular complexity index is 1150. The summed E-state index contributed by atoms with van der Waals surface area (Å²) in [7, 11) is 3.43. The van der Waals surface area contributed by atoms with Crippen LogP contribution in [0.2, 0.25) is 0 Å². The molecule has 0 aliphatic rings. The van der Waals surface area contributed by atoms with E-state index in [2.05, 4.69) is 15.3 Å². The number of ether oxygens (including phenoxy) is 2. The molecular weight excluding hydrogens is 383 g/mol. The summed E-state index contributed by atoms with van der Waals surface area (Å²) in [6.07, 6.45) is 3.43. The van der Waals surface area contributed by atoms with Crippen LogP contribution in [0.4, 0.5) is 10.2 Å². The summed E-state index contributed by atoms with van der Waals surface area (Å²) in [6, 6.07) is 14.0. The highest BCUT2D eigenvalue weighted by Crippen LogP contribution is 2.36. The van der Waals surface area contributed by atoms with Crippen LogP contribution in [-0.4, -0.2) is 42.3 Å². The van der Waals surface area contributed by atoms with Gasteiger partial charge in [-0.3, -0.25) is 4.98 Å². The number of anilines is 1. The first-order valence-electron chi connectivity index (χ1n) is 9.51. The maximum Gasteiger partial charge on any atom is 0.163 e. The summed E-state index contributed by atoms with van der Waals surface area (Å²) >= 11 is 0. The number of halogens is 1. The first-order valence-corrected chi connectivity index (χ1v) is 9.51. The minimum Gasteiger partial charge on any atom is -0.489 e. The molecule has 4 aromatic rings. The van der Waals surface area contributed by atoms with Crippen LogP contribution < -0.4 is 10.1 Å². The van der Waals surface area contributed by atoms with E-state index in [-0.39, 0.29) is 5.82 Å². The van der Waals surface area contributed by atoms with E-state index in [9.17, 15) is 4.39 Å². The van der Waals surface area contributed by atoms with E-state index in [1.54, 1.807) is 31.6 Å². The summed E-state index contributed by atoms with van der Waals surface area (Å²) < 4.78 is 24.5. The highest BCUT2D eigenvalue weighted by Gasteiger charge is 2.15. The van der Waals surface area contributed by atoms with E-state index in [0.717, 1.165) is 22.1 Å². The Labute approximate surface area is 173 Å².